The monoisotopic (exact) mass is 212 g/mol. The van der Waals surface area contributed by atoms with Gasteiger partial charge in [0.25, 0.3) is 0 Å². The Morgan fingerprint density at radius 1 is 1.27 bits per heavy atom. The molecule has 0 fully saturated rings. The summed E-state index contributed by atoms with van der Waals surface area (Å²) in [4.78, 5) is 11.6. The molecule has 0 radical (unpaired) electrons. The topological polar surface area (TPSA) is 17.1 Å². The van der Waals surface area contributed by atoms with Crippen LogP contribution in [-0.2, 0) is 0 Å². The highest BCUT2D eigenvalue weighted by Crippen LogP contribution is 2.17. The zero-order valence-electron chi connectivity index (χ0n) is 9.10. The molecule has 82 valence electrons. The number of Topliss-reactive ketones (excluding diaryl/α,β-unsaturated/α-hetero) is 1. The summed E-state index contributed by atoms with van der Waals surface area (Å²) in [5.41, 5.74) is 0.283. The van der Waals surface area contributed by atoms with Crippen molar-refractivity contribution in [1.29, 1.82) is 0 Å². The average Bonchev–Trinajstić information content (AvgIpc) is 2.09. The Labute approximate surface area is 88.1 Å². The zero-order chi connectivity index (χ0) is 11.6. The van der Waals surface area contributed by atoms with E-state index in [2.05, 4.69) is 0 Å². The van der Waals surface area contributed by atoms with Gasteiger partial charge in [-0.3, -0.25) is 4.79 Å². The van der Waals surface area contributed by atoms with Gasteiger partial charge in [0.2, 0.25) is 0 Å². The molecule has 0 spiro atoms. The Bertz CT molecular complexity index is 383. The van der Waals surface area contributed by atoms with Crippen molar-refractivity contribution in [2.24, 2.45) is 5.92 Å². The molecule has 0 saturated carbocycles. The maximum Gasteiger partial charge on any atom is 0.166 e. The van der Waals surface area contributed by atoms with Gasteiger partial charge in [0.1, 0.15) is 11.6 Å². The van der Waals surface area contributed by atoms with E-state index in [1.54, 1.807) is 0 Å². The molecule has 0 aliphatic heterocycles. The molecule has 0 unspecified atom stereocenters. The predicted molar refractivity (Wildman–Crippen MR) is 54.9 cm³/mol. The lowest BCUT2D eigenvalue weighted by atomic mass is 9.99. The molecule has 0 bridgehead atoms. The molecule has 1 rings (SSSR count). The van der Waals surface area contributed by atoms with Crippen LogP contribution in [0.2, 0.25) is 0 Å². The largest absolute Gasteiger partial charge is 0.294 e. The Balaban J connectivity index is 3.04. The Kier molecular flexibility index (Phi) is 3.56. The van der Waals surface area contributed by atoms with E-state index < -0.39 is 11.6 Å². The minimum Gasteiger partial charge on any atom is -0.294 e. The molecule has 0 heterocycles. The number of ketones is 1. The highest BCUT2D eigenvalue weighted by molar-refractivity contribution is 5.96. The Hall–Kier alpha value is -1.25. The standard InChI is InChI=1S/C12H14F2O/c1-7(2)4-12(15)9-5-8(3)10(13)6-11(9)14/h5-7H,4H2,1-3H3. The third kappa shape index (κ3) is 2.85. The van der Waals surface area contributed by atoms with E-state index in [0.717, 1.165) is 6.07 Å². The first-order chi connectivity index (χ1) is 6.91. The van der Waals surface area contributed by atoms with E-state index in [1.807, 2.05) is 13.8 Å². The van der Waals surface area contributed by atoms with Gasteiger partial charge >= 0.3 is 0 Å². The van der Waals surface area contributed by atoms with Gasteiger partial charge in [-0.25, -0.2) is 8.78 Å². The molecule has 0 saturated heterocycles. The van der Waals surface area contributed by atoms with Crippen LogP contribution in [0.1, 0.15) is 36.2 Å². The summed E-state index contributed by atoms with van der Waals surface area (Å²) in [5, 5.41) is 0. The molecular weight excluding hydrogens is 198 g/mol. The zero-order valence-corrected chi connectivity index (χ0v) is 9.10. The highest BCUT2D eigenvalue weighted by atomic mass is 19.1. The fourth-order valence-corrected chi connectivity index (χ4v) is 1.35. The molecule has 0 aliphatic carbocycles. The second-order valence-corrected chi connectivity index (χ2v) is 4.10. The summed E-state index contributed by atoms with van der Waals surface area (Å²) >= 11 is 0. The van der Waals surface area contributed by atoms with E-state index in [0.29, 0.717) is 5.56 Å². The van der Waals surface area contributed by atoms with Crippen molar-refractivity contribution >= 4 is 5.78 Å². The first kappa shape index (κ1) is 11.8. The molecule has 3 heteroatoms. The van der Waals surface area contributed by atoms with Gasteiger partial charge < -0.3 is 0 Å². The van der Waals surface area contributed by atoms with Gasteiger partial charge in [-0.05, 0) is 24.5 Å². The van der Waals surface area contributed by atoms with E-state index in [4.69, 9.17) is 0 Å². The van der Waals surface area contributed by atoms with Crippen LogP contribution in [0.25, 0.3) is 0 Å². The van der Waals surface area contributed by atoms with Crippen molar-refractivity contribution in [3.05, 3.63) is 34.9 Å². The number of carbonyl (C=O) groups excluding carboxylic acids is 1. The number of aryl methyl sites for hydroxylation is 1. The van der Waals surface area contributed by atoms with Crippen LogP contribution >= 0.6 is 0 Å². The van der Waals surface area contributed by atoms with Crippen molar-refractivity contribution < 1.29 is 13.6 Å². The third-order valence-electron chi connectivity index (χ3n) is 2.14. The van der Waals surface area contributed by atoms with Gasteiger partial charge in [0, 0.05) is 12.5 Å². The summed E-state index contributed by atoms with van der Waals surface area (Å²) in [6, 6.07) is 2.04. The van der Waals surface area contributed by atoms with E-state index in [1.165, 1.54) is 13.0 Å². The van der Waals surface area contributed by atoms with Crippen LogP contribution in [0.5, 0.6) is 0 Å². The van der Waals surface area contributed by atoms with Crippen molar-refractivity contribution in [2.75, 3.05) is 0 Å². The van der Waals surface area contributed by atoms with Gasteiger partial charge in [-0.2, -0.15) is 0 Å². The number of rotatable bonds is 3. The van der Waals surface area contributed by atoms with E-state index in [9.17, 15) is 13.6 Å². The lowest BCUT2D eigenvalue weighted by Crippen LogP contribution is -2.07. The van der Waals surface area contributed by atoms with Crippen molar-refractivity contribution in [3.8, 4) is 0 Å². The summed E-state index contributed by atoms with van der Waals surface area (Å²) in [5.74, 6) is -1.50. The molecule has 0 amide bonds. The minimum absolute atomic E-state index is 0.0115. The molecule has 1 aromatic rings. The maximum absolute atomic E-state index is 13.3. The normalized spacial score (nSPS) is 10.8. The van der Waals surface area contributed by atoms with Gasteiger partial charge in [0.05, 0.1) is 5.56 Å². The summed E-state index contributed by atoms with van der Waals surface area (Å²) in [6.45, 7) is 5.28. The van der Waals surface area contributed by atoms with Crippen molar-refractivity contribution in [3.63, 3.8) is 0 Å². The second-order valence-electron chi connectivity index (χ2n) is 4.10. The van der Waals surface area contributed by atoms with Gasteiger partial charge in [0.15, 0.2) is 5.78 Å². The number of carbonyl (C=O) groups is 1. The van der Waals surface area contributed by atoms with Crippen LogP contribution < -0.4 is 0 Å². The predicted octanol–water partition coefficient (Wildman–Crippen LogP) is 3.50. The first-order valence-electron chi connectivity index (χ1n) is 4.90. The lowest BCUT2D eigenvalue weighted by molar-refractivity contribution is 0.0963. The summed E-state index contributed by atoms with van der Waals surface area (Å²) in [6.07, 6.45) is 0.280. The molecule has 0 N–H and O–H groups in total. The van der Waals surface area contributed by atoms with Crippen LogP contribution in [0, 0.1) is 24.5 Å². The number of halogens is 2. The number of benzene rings is 1. The molecule has 15 heavy (non-hydrogen) atoms. The summed E-state index contributed by atoms with van der Waals surface area (Å²) < 4.78 is 26.2. The first-order valence-corrected chi connectivity index (χ1v) is 4.90. The highest BCUT2D eigenvalue weighted by Gasteiger charge is 2.15. The fraction of sp³-hybridized carbons (Fsp3) is 0.417. The molecule has 0 aromatic heterocycles. The molecule has 0 aliphatic rings. The molecule has 1 nitrogen and oxygen atoms in total. The fourth-order valence-electron chi connectivity index (χ4n) is 1.35. The third-order valence-corrected chi connectivity index (χ3v) is 2.14. The SMILES string of the molecule is Cc1cc(C(=O)CC(C)C)c(F)cc1F. The van der Waals surface area contributed by atoms with E-state index >= 15 is 0 Å². The Morgan fingerprint density at radius 2 is 1.87 bits per heavy atom. The number of hydrogen-bond donors (Lipinski definition) is 0. The van der Waals surface area contributed by atoms with E-state index in [-0.39, 0.29) is 23.7 Å². The maximum atomic E-state index is 13.3. The quantitative estimate of drug-likeness (QED) is 0.701. The summed E-state index contributed by atoms with van der Waals surface area (Å²) in [7, 11) is 0. The minimum atomic E-state index is -0.774. The van der Waals surface area contributed by atoms with Crippen LogP contribution in [-0.4, -0.2) is 5.78 Å². The second kappa shape index (κ2) is 4.51. The van der Waals surface area contributed by atoms with Crippen molar-refractivity contribution in [2.45, 2.75) is 27.2 Å². The Morgan fingerprint density at radius 3 is 2.40 bits per heavy atom. The molecular formula is C12H14F2O. The van der Waals surface area contributed by atoms with Crippen LogP contribution in [0.15, 0.2) is 12.1 Å². The smallest absolute Gasteiger partial charge is 0.166 e. The van der Waals surface area contributed by atoms with Crippen molar-refractivity contribution in [1.82, 2.24) is 0 Å². The molecule has 0 atom stereocenters. The number of hydrogen-bond acceptors (Lipinski definition) is 1. The van der Waals surface area contributed by atoms with Crippen LogP contribution in [0.4, 0.5) is 8.78 Å². The lowest BCUT2D eigenvalue weighted by Gasteiger charge is -2.06. The van der Waals surface area contributed by atoms with Gasteiger partial charge in [-0.1, -0.05) is 13.8 Å². The van der Waals surface area contributed by atoms with Crippen LogP contribution in [0.3, 0.4) is 0 Å². The van der Waals surface area contributed by atoms with Gasteiger partial charge in [-0.15, -0.1) is 0 Å². The molecule has 1 aromatic carbocycles. The average molecular weight is 212 g/mol.